The van der Waals surface area contributed by atoms with Crippen LogP contribution in [0.2, 0.25) is 0 Å². The van der Waals surface area contributed by atoms with Gasteiger partial charge < -0.3 is 15.5 Å². The summed E-state index contributed by atoms with van der Waals surface area (Å²) in [6, 6.07) is 7.50. The highest BCUT2D eigenvalue weighted by Crippen LogP contribution is 2.21. The molecule has 0 spiro atoms. The highest BCUT2D eigenvalue weighted by atomic mass is 19.1. The molecule has 3 aromatic rings. The van der Waals surface area contributed by atoms with Gasteiger partial charge in [0.15, 0.2) is 0 Å². The Morgan fingerprint density at radius 2 is 1.96 bits per heavy atom. The molecule has 2 aromatic heterocycles. The number of hydrogen-bond donors (Lipinski definition) is 2. The van der Waals surface area contributed by atoms with Crippen LogP contribution in [0.3, 0.4) is 0 Å². The Bertz CT molecular complexity index is 948. The molecule has 2 amide bonds. The van der Waals surface area contributed by atoms with Gasteiger partial charge in [-0.15, -0.1) is 0 Å². The topological polar surface area (TPSA) is 87.5 Å². The largest absolute Gasteiger partial charge is 0.356 e. The van der Waals surface area contributed by atoms with Gasteiger partial charge in [-0.2, -0.15) is 14.6 Å². The Hall–Kier alpha value is -3.23. The normalized spacial score (nSPS) is 15.1. The maximum absolute atomic E-state index is 12.9. The van der Waals surface area contributed by atoms with E-state index in [1.165, 1.54) is 30.6 Å². The number of piperidine rings is 1. The van der Waals surface area contributed by atoms with Crippen LogP contribution < -0.4 is 15.5 Å². The van der Waals surface area contributed by atoms with Gasteiger partial charge in [0.25, 0.3) is 5.78 Å². The maximum Gasteiger partial charge on any atom is 0.319 e. The van der Waals surface area contributed by atoms with Crippen molar-refractivity contribution in [3.8, 4) is 0 Å². The Kier molecular flexibility index (Phi) is 4.57. The molecule has 0 bridgehead atoms. The monoisotopic (exact) mass is 369 g/mol. The number of anilines is 2. The number of nitrogens with one attached hydrogen (secondary N) is 2. The van der Waals surface area contributed by atoms with Crippen LogP contribution in [0.15, 0.2) is 36.7 Å². The fourth-order valence-electron chi connectivity index (χ4n) is 3.28. The van der Waals surface area contributed by atoms with Crippen LogP contribution in [-0.4, -0.2) is 44.7 Å². The van der Waals surface area contributed by atoms with E-state index in [1.807, 2.05) is 13.0 Å². The SMILES string of the molecule is Cc1cc(N2CCC(NC(=O)Nc3ccc(F)cc3)CC2)n2ncnc2n1. The van der Waals surface area contributed by atoms with Gasteiger partial charge in [-0.3, -0.25) is 0 Å². The van der Waals surface area contributed by atoms with Crippen LogP contribution in [0.25, 0.3) is 5.78 Å². The van der Waals surface area contributed by atoms with E-state index in [-0.39, 0.29) is 17.9 Å². The molecular weight excluding hydrogens is 349 g/mol. The minimum Gasteiger partial charge on any atom is -0.356 e. The zero-order valence-corrected chi connectivity index (χ0v) is 14.9. The van der Waals surface area contributed by atoms with Crippen molar-refractivity contribution in [2.75, 3.05) is 23.3 Å². The molecular formula is C18H20FN7O. The molecule has 0 atom stereocenters. The number of aryl methyl sites for hydroxylation is 1. The number of urea groups is 1. The van der Waals surface area contributed by atoms with E-state index in [9.17, 15) is 9.18 Å². The summed E-state index contributed by atoms with van der Waals surface area (Å²) in [7, 11) is 0. The molecule has 1 aromatic carbocycles. The van der Waals surface area contributed by atoms with Crippen LogP contribution in [0.4, 0.5) is 20.7 Å². The number of benzene rings is 1. The first-order valence-corrected chi connectivity index (χ1v) is 8.84. The van der Waals surface area contributed by atoms with E-state index in [0.29, 0.717) is 11.5 Å². The molecule has 1 fully saturated rings. The van der Waals surface area contributed by atoms with E-state index in [2.05, 4.69) is 30.6 Å². The lowest BCUT2D eigenvalue weighted by atomic mass is 10.1. The predicted octanol–water partition coefficient (Wildman–Crippen LogP) is 2.36. The third kappa shape index (κ3) is 3.81. The number of halogens is 1. The minimum absolute atomic E-state index is 0.0795. The molecule has 0 saturated carbocycles. The summed E-state index contributed by atoms with van der Waals surface area (Å²) in [4.78, 5) is 22.9. The van der Waals surface area contributed by atoms with Gasteiger partial charge in [0, 0.05) is 36.6 Å². The summed E-state index contributed by atoms with van der Waals surface area (Å²) in [6.45, 7) is 3.52. The third-order valence-corrected chi connectivity index (χ3v) is 4.62. The zero-order chi connectivity index (χ0) is 18.8. The minimum atomic E-state index is -0.332. The molecule has 4 rings (SSSR count). The van der Waals surface area contributed by atoms with E-state index in [0.717, 1.165) is 37.4 Å². The third-order valence-electron chi connectivity index (χ3n) is 4.62. The lowest BCUT2D eigenvalue weighted by Crippen LogP contribution is -2.46. The summed E-state index contributed by atoms with van der Waals surface area (Å²) in [6.07, 6.45) is 3.13. The number of carbonyl (C=O) groups excluding carboxylic acids is 1. The Labute approximate surface area is 155 Å². The lowest BCUT2D eigenvalue weighted by Gasteiger charge is -2.33. The molecule has 0 unspecified atom stereocenters. The van der Waals surface area contributed by atoms with Gasteiger partial charge >= 0.3 is 6.03 Å². The van der Waals surface area contributed by atoms with Gasteiger partial charge in [-0.05, 0) is 44.0 Å². The van der Waals surface area contributed by atoms with Crippen LogP contribution in [0, 0.1) is 12.7 Å². The number of aromatic nitrogens is 4. The number of rotatable bonds is 3. The fourth-order valence-corrected chi connectivity index (χ4v) is 3.28. The number of nitrogens with zero attached hydrogens (tertiary/aromatic N) is 5. The molecule has 1 saturated heterocycles. The van der Waals surface area contributed by atoms with Gasteiger partial charge in [0.2, 0.25) is 0 Å². The molecule has 27 heavy (non-hydrogen) atoms. The van der Waals surface area contributed by atoms with Gasteiger partial charge in [0.05, 0.1) is 0 Å². The molecule has 140 valence electrons. The molecule has 0 radical (unpaired) electrons. The van der Waals surface area contributed by atoms with E-state index in [4.69, 9.17) is 0 Å². The molecule has 1 aliphatic rings. The quantitative estimate of drug-likeness (QED) is 0.740. The second-order valence-electron chi connectivity index (χ2n) is 6.59. The van der Waals surface area contributed by atoms with Crippen molar-refractivity contribution < 1.29 is 9.18 Å². The van der Waals surface area contributed by atoms with Crippen molar-refractivity contribution in [2.24, 2.45) is 0 Å². The molecule has 9 heteroatoms. The summed E-state index contributed by atoms with van der Waals surface area (Å²) < 4.78 is 14.7. The van der Waals surface area contributed by atoms with Crippen molar-refractivity contribution in [1.29, 1.82) is 0 Å². The second kappa shape index (κ2) is 7.18. The van der Waals surface area contributed by atoms with Crippen LogP contribution in [0.1, 0.15) is 18.5 Å². The summed E-state index contributed by atoms with van der Waals surface area (Å²) >= 11 is 0. The standard InChI is InChI=1S/C18H20FN7O/c1-12-10-16(26-17(22-12)20-11-21-26)25-8-6-15(7-9-25)24-18(27)23-14-4-2-13(19)3-5-14/h2-5,10-11,15H,6-9H2,1H3,(H2,23,24,27). The van der Waals surface area contributed by atoms with Crippen molar-refractivity contribution in [2.45, 2.75) is 25.8 Å². The first kappa shape index (κ1) is 17.2. The van der Waals surface area contributed by atoms with Crippen LogP contribution >= 0.6 is 0 Å². The maximum atomic E-state index is 12.9. The highest BCUT2D eigenvalue weighted by molar-refractivity contribution is 5.89. The molecule has 1 aliphatic heterocycles. The molecule has 2 N–H and O–H groups in total. The summed E-state index contributed by atoms with van der Waals surface area (Å²) in [5, 5.41) is 9.96. The highest BCUT2D eigenvalue weighted by Gasteiger charge is 2.23. The summed E-state index contributed by atoms with van der Waals surface area (Å²) in [5.41, 5.74) is 1.46. The van der Waals surface area contributed by atoms with Crippen molar-refractivity contribution in [3.63, 3.8) is 0 Å². The number of carbonyl (C=O) groups is 1. The number of amides is 2. The van der Waals surface area contributed by atoms with Crippen molar-refractivity contribution >= 4 is 23.3 Å². The smallest absolute Gasteiger partial charge is 0.319 e. The molecule has 3 heterocycles. The first-order valence-electron chi connectivity index (χ1n) is 8.84. The van der Waals surface area contributed by atoms with Crippen molar-refractivity contribution in [3.05, 3.63) is 48.2 Å². The molecule has 8 nitrogen and oxygen atoms in total. The number of hydrogen-bond acceptors (Lipinski definition) is 5. The van der Waals surface area contributed by atoms with E-state index >= 15 is 0 Å². The van der Waals surface area contributed by atoms with Crippen molar-refractivity contribution in [1.82, 2.24) is 24.9 Å². The van der Waals surface area contributed by atoms with Gasteiger partial charge in [-0.1, -0.05) is 0 Å². The second-order valence-corrected chi connectivity index (χ2v) is 6.59. The van der Waals surface area contributed by atoms with E-state index in [1.54, 1.807) is 4.52 Å². The molecule has 0 aliphatic carbocycles. The Morgan fingerprint density at radius 3 is 2.70 bits per heavy atom. The van der Waals surface area contributed by atoms with Gasteiger partial charge in [-0.25, -0.2) is 14.2 Å². The average molecular weight is 369 g/mol. The average Bonchev–Trinajstić information content (AvgIpc) is 3.12. The Morgan fingerprint density at radius 1 is 1.22 bits per heavy atom. The lowest BCUT2D eigenvalue weighted by molar-refractivity contribution is 0.246. The fraction of sp³-hybridized carbons (Fsp3) is 0.333. The predicted molar refractivity (Wildman–Crippen MR) is 99.3 cm³/mol. The first-order chi connectivity index (χ1) is 13.1. The summed E-state index contributed by atoms with van der Waals surface area (Å²) in [5.74, 6) is 1.22. The number of fused-ring (bicyclic) bond motifs is 1. The Balaban J connectivity index is 1.35. The van der Waals surface area contributed by atoms with Crippen LogP contribution in [0.5, 0.6) is 0 Å². The zero-order valence-electron chi connectivity index (χ0n) is 14.9. The van der Waals surface area contributed by atoms with Crippen LogP contribution in [-0.2, 0) is 0 Å². The van der Waals surface area contributed by atoms with Gasteiger partial charge in [0.1, 0.15) is 18.0 Å². The van der Waals surface area contributed by atoms with E-state index < -0.39 is 0 Å².